The lowest BCUT2D eigenvalue weighted by Gasteiger charge is -2.34. The first-order chi connectivity index (χ1) is 14.4. The molecule has 4 N–H and O–H groups in total. The third kappa shape index (κ3) is 11.5. The van der Waals surface area contributed by atoms with Crippen molar-refractivity contribution in [2.75, 3.05) is 19.8 Å². The van der Waals surface area contributed by atoms with Gasteiger partial charge < -0.3 is 20.5 Å². The molecule has 1 aromatic carbocycles. The molecule has 1 aliphatic heterocycles. The lowest BCUT2D eigenvalue weighted by Crippen LogP contribution is -2.51. The second kappa shape index (κ2) is 12.4. The molecule has 0 atom stereocenters. The quantitative estimate of drug-likeness (QED) is 0.363. The molecule has 1 aromatic rings. The topological polar surface area (TPSA) is 128 Å². The Labute approximate surface area is 179 Å². The number of carboxylic acid groups (broad SMARTS) is 1. The van der Waals surface area contributed by atoms with Crippen molar-refractivity contribution < 1.29 is 46.3 Å². The largest absolute Gasteiger partial charge is 0.494 e. The van der Waals surface area contributed by atoms with Crippen LogP contribution < -0.4 is 10.5 Å². The molecule has 31 heavy (non-hydrogen) atoms. The standard InChI is InChI=1S/C17H28NO5P.C2HF3O2/c1-2-3-4-5-12-21-16-8-6-15(7-9-16)10-11-17(18)13-22-24(19,20)23-14-17;3-2(4,5)1(6)7/h6-9H,2-5,10-14,18H2,1H3,(H,19,20);(H,6,7). The summed E-state index contributed by atoms with van der Waals surface area (Å²) in [5.74, 6) is -1.88. The van der Waals surface area contributed by atoms with Crippen LogP contribution in [0.15, 0.2) is 24.3 Å². The van der Waals surface area contributed by atoms with E-state index in [1.54, 1.807) is 0 Å². The number of unbranched alkanes of at least 4 members (excludes halogenated alkanes) is 3. The van der Waals surface area contributed by atoms with E-state index in [1.165, 1.54) is 19.3 Å². The number of nitrogens with two attached hydrogens (primary N) is 1. The Kier molecular flexibility index (Phi) is 11.0. The van der Waals surface area contributed by atoms with Crippen molar-refractivity contribution in [2.45, 2.75) is 57.2 Å². The first-order valence-corrected chi connectivity index (χ1v) is 11.3. The maximum atomic E-state index is 11.2. The zero-order valence-corrected chi connectivity index (χ0v) is 18.2. The molecule has 1 aliphatic rings. The van der Waals surface area contributed by atoms with Crippen molar-refractivity contribution in [1.82, 2.24) is 0 Å². The maximum Gasteiger partial charge on any atom is 0.490 e. The van der Waals surface area contributed by atoms with Gasteiger partial charge in [0.25, 0.3) is 0 Å². The lowest BCUT2D eigenvalue weighted by molar-refractivity contribution is -0.192. The molecule has 12 heteroatoms. The number of alkyl halides is 3. The molecule has 0 unspecified atom stereocenters. The van der Waals surface area contributed by atoms with Gasteiger partial charge in [-0.2, -0.15) is 13.2 Å². The molecule has 0 radical (unpaired) electrons. The fourth-order valence-corrected chi connectivity index (χ4v) is 3.42. The first kappa shape index (κ1) is 27.4. The van der Waals surface area contributed by atoms with Crippen LogP contribution in [0, 0.1) is 0 Å². The van der Waals surface area contributed by atoms with Gasteiger partial charge in [-0.25, -0.2) is 9.36 Å². The number of carboxylic acids is 1. The average molecular weight is 471 g/mol. The zero-order chi connectivity index (χ0) is 23.5. The molecule has 1 saturated heterocycles. The molecule has 0 aliphatic carbocycles. The smallest absolute Gasteiger partial charge is 0.490 e. The molecule has 8 nitrogen and oxygen atoms in total. The molecule has 0 saturated carbocycles. The molecule has 178 valence electrons. The molecule has 0 amide bonds. The normalized spacial score (nSPS) is 23.5. The van der Waals surface area contributed by atoms with Gasteiger partial charge in [0.15, 0.2) is 0 Å². The van der Waals surface area contributed by atoms with E-state index in [2.05, 4.69) is 6.92 Å². The Morgan fingerprint density at radius 2 is 1.74 bits per heavy atom. The lowest BCUT2D eigenvalue weighted by atomic mass is 9.94. The van der Waals surface area contributed by atoms with Gasteiger partial charge >= 0.3 is 20.0 Å². The van der Waals surface area contributed by atoms with Crippen molar-refractivity contribution in [3.63, 3.8) is 0 Å². The SMILES string of the molecule is CCCCCCOc1ccc(CCC2(N)COP(=O)(O)OC2)cc1.O=C(O)C(F)(F)F. The number of phosphoric ester groups is 1. The highest BCUT2D eigenvalue weighted by molar-refractivity contribution is 7.47. The summed E-state index contributed by atoms with van der Waals surface area (Å²) in [5, 5.41) is 7.12. The molecular weight excluding hydrogens is 442 g/mol. The molecule has 0 bridgehead atoms. The second-order valence-corrected chi connectivity index (χ2v) is 8.69. The molecule has 1 heterocycles. The van der Waals surface area contributed by atoms with Crippen LogP contribution in [0.25, 0.3) is 0 Å². The minimum absolute atomic E-state index is 0.0275. The number of hydrogen-bond donors (Lipinski definition) is 3. The minimum atomic E-state index is -5.08. The van der Waals surface area contributed by atoms with Crippen LogP contribution in [0.2, 0.25) is 0 Å². The van der Waals surface area contributed by atoms with Gasteiger partial charge in [0.1, 0.15) is 5.75 Å². The summed E-state index contributed by atoms with van der Waals surface area (Å²) in [4.78, 5) is 18.1. The Morgan fingerprint density at radius 1 is 1.19 bits per heavy atom. The molecule has 0 spiro atoms. The average Bonchev–Trinajstić information content (AvgIpc) is 2.70. The molecule has 2 rings (SSSR count). The van der Waals surface area contributed by atoms with Crippen LogP contribution in [0.1, 0.15) is 44.6 Å². The molecular formula is C19H29F3NO7P. The summed E-state index contributed by atoms with van der Waals surface area (Å²) >= 11 is 0. The van der Waals surface area contributed by atoms with Crippen molar-refractivity contribution in [1.29, 1.82) is 0 Å². The van der Waals surface area contributed by atoms with E-state index < -0.39 is 25.5 Å². The van der Waals surface area contributed by atoms with E-state index in [-0.39, 0.29) is 13.2 Å². The number of ether oxygens (including phenoxy) is 1. The van der Waals surface area contributed by atoms with Crippen LogP contribution in [0.5, 0.6) is 5.75 Å². The van der Waals surface area contributed by atoms with Crippen molar-refractivity contribution in [3.05, 3.63) is 29.8 Å². The summed E-state index contributed by atoms with van der Waals surface area (Å²) in [7, 11) is -3.88. The highest BCUT2D eigenvalue weighted by atomic mass is 31.2. The summed E-state index contributed by atoms with van der Waals surface area (Å²) in [5.41, 5.74) is 6.56. The van der Waals surface area contributed by atoms with Gasteiger partial charge in [-0.1, -0.05) is 38.3 Å². The van der Waals surface area contributed by atoms with Crippen LogP contribution in [0.4, 0.5) is 13.2 Å². The maximum absolute atomic E-state index is 11.2. The number of hydrogen-bond acceptors (Lipinski definition) is 6. The molecule has 1 fully saturated rings. The summed E-state index contributed by atoms with van der Waals surface area (Å²) < 4.78 is 58.3. The highest BCUT2D eigenvalue weighted by Crippen LogP contribution is 2.47. The van der Waals surface area contributed by atoms with Crippen LogP contribution >= 0.6 is 7.82 Å². The van der Waals surface area contributed by atoms with E-state index >= 15 is 0 Å². The van der Waals surface area contributed by atoms with Crippen LogP contribution in [-0.4, -0.2) is 47.5 Å². The Bertz CT molecular complexity index is 716. The number of carbonyl (C=O) groups is 1. The Balaban J connectivity index is 0.000000592. The van der Waals surface area contributed by atoms with Gasteiger partial charge in [-0.05, 0) is 37.0 Å². The van der Waals surface area contributed by atoms with Gasteiger partial charge in [-0.3, -0.25) is 9.05 Å². The predicted molar refractivity (Wildman–Crippen MR) is 107 cm³/mol. The number of halogens is 3. The predicted octanol–water partition coefficient (Wildman–Crippen LogP) is 4.06. The Morgan fingerprint density at radius 3 is 2.23 bits per heavy atom. The van der Waals surface area contributed by atoms with Crippen molar-refractivity contribution in [2.24, 2.45) is 5.73 Å². The van der Waals surface area contributed by atoms with E-state index in [4.69, 9.17) is 29.4 Å². The fraction of sp³-hybridized carbons (Fsp3) is 0.632. The summed E-state index contributed by atoms with van der Waals surface area (Å²) in [6, 6.07) is 7.97. The number of aliphatic carboxylic acids is 1. The summed E-state index contributed by atoms with van der Waals surface area (Å²) in [6.45, 7) is 3.00. The number of aryl methyl sites for hydroxylation is 1. The summed E-state index contributed by atoms with van der Waals surface area (Å²) in [6.07, 6.45) is 1.05. The monoisotopic (exact) mass is 471 g/mol. The fourth-order valence-electron chi connectivity index (χ4n) is 2.51. The third-order valence-corrected chi connectivity index (χ3v) is 5.29. The second-order valence-electron chi connectivity index (χ2n) is 7.23. The first-order valence-electron chi connectivity index (χ1n) is 9.79. The minimum Gasteiger partial charge on any atom is -0.494 e. The van der Waals surface area contributed by atoms with E-state index in [1.807, 2.05) is 24.3 Å². The molecule has 0 aromatic heterocycles. The van der Waals surface area contributed by atoms with Crippen LogP contribution in [0.3, 0.4) is 0 Å². The van der Waals surface area contributed by atoms with Gasteiger partial charge in [0.05, 0.1) is 25.4 Å². The zero-order valence-electron chi connectivity index (χ0n) is 17.3. The Hall–Kier alpha value is -1.65. The van der Waals surface area contributed by atoms with Crippen molar-refractivity contribution in [3.8, 4) is 5.75 Å². The number of benzene rings is 1. The van der Waals surface area contributed by atoms with Crippen LogP contribution in [-0.2, 0) is 24.8 Å². The van der Waals surface area contributed by atoms with Gasteiger partial charge in [0.2, 0.25) is 0 Å². The number of phosphoric acid groups is 1. The third-order valence-electron chi connectivity index (χ3n) is 4.37. The van der Waals surface area contributed by atoms with Gasteiger partial charge in [0, 0.05) is 0 Å². The van der Waals surface area contributed by atoms with Gasteiger partial charge in [-0.15, -0.1) is 0 Å². The highest BCUT2D eigenvalue weighted by Gasteiger charge is 2.39. The van der Waals surface area contributed by atoms with E-state index in [9.17, 15) is 22.6 Å². The van der Waals surface area contributed by atoms with E-state index in [0.717, 1.165) is 30.8 Å². The van der Waals surface area contributed by atoms with E-state index in [0.29, 0.717) is 6.42 Å². The number of rotatable bonds is 9. The van der Waals surface area contributed by atoms with Crippen molar-refractivity contribution >= 4 is 13.8 Å².